The standard InChI is InChI=1S/C21H23NO/c1-15-10-12-22(13-11-15)21(23)20-18-8-4-2-6-16(18)14-17-7-3-5-9-19(17)20/h2-9,15,20H,10-14H2,1H3. The van der Waals surface area contributed by atoms with Gasteiger partial charge in [0.25, 0.3) is 0 Å². The Bertz CT molecular complexity index is 683. The molecule has 1 heterocycles. The van der Waals surface area contributed by atoms with Crippen LogP contribution in [0.4, 0.5) is 0 Å². The molecule has 1 amide bonds. The van der Waals surface area contributed by atoms with Crippen LogP contribution in [0.2, 0.25) is 0 Å². The predicted octanol–water partition coefficient (Wildman–Crippen LogP) is 3.98. The summed E-state index contributed by atoms with van der Waals surface area (Å²) in [5.41, 5.74) is 5.01. The Labute approximate surface area is 138 Å². The first kappa shape index (κ1) is 14.5. The lowest BCUT2D eigenvalue weighted by Gasteiger charge is -2.35. The van der Waals surface area contributed by atoms with E-state index in [1.54, 1.807) is 0 Å². The van der Waals surface area contributed by atoms with Gasteiger partial charge in [0.05, 0.1) is 5.92 Å². The summed E-state index contributed by atoms with van der Waals surface area (Å²) < 4.78 is 0. The van der Waals surface area contributed by atoms with Crippen molar-refractivity contribution in [2.75, 3.05) is 13.1 Å². The van der Waals surface area contributed by atoms with E-state index in [4.69, 9.17) is 0 Å². The maximum absolute atomic E-state index is 13.3. The van der Waals surface area contributed by atoms with Crippen molar-refractivity contribution in [2.45, 2.75) is 32.1 Å². The van der Waals surface area contributed by atoms with E-state index in [0.717, 1.165) is 38.3 Å². The fourth-order valence-corrected chi connectivity index (χ4v) is 4.00. The number of fused-ring (bicyclic) bond motifs is 2. The van der Waals surface area contributed by atoms with Crippen LogP contribution in [-0.4, -0.2) is 23.9 Å². The van der Waals surface area contributed by atoms with E-state index in [-0.39, 0.29) is 11.8 Å². The van der Waals surface area contributed by atoms with E-state index in [0.29, 0.717) is 0 Å². The Hall–Kier alpha value is -2.09. The van der Waals surface area contributed by atoms with Crippen molar-refractivity contribution in [1.82, 2.24) is 4.90 Å². The van der Waals surface area contributed by atoms with E-state index in [1.807, 2.05) is 0 Å². The number of amides is 1. The van der Waals surface area contributed by atoms with Gasteiger partial charge in [-0.25, -0.2) is 0 Å². The van der Waals surface area contributed by atoms with Crippen molar-refractivity contribution in [3.8, 4) is 0 Å². The van der Waals surface area contributed by atoms with Crippen LogP contribution >= 0.6 is 0 Å². The minimum absolute atomic E-state index is 0.121. The molecule has 1 saturated heterocycles. The summed E-state index contributed by atoms with van der Waals surface area (Å²) in [6, 6.07) is 16.9. The quantitative estimate of drug-likeness (QED) is 0.780. The van der Waals surface area contributed by atoms with E-state index in [9.17, 15) is 4.79 Å². The zero-order valence-electron chi connectivity index (χ0n) is 13.7. The average Bonchev–Trinajstić information content (AvgIpc) is 2.59. The smallest absolute Gasteiger partial charge is 0.234 e. The molecule has 0 saturated carbocycles. The number of piperidine rings is 1. The molecule has 0 aromatic heterocycles. The van der Waals surface area contributed by atoms with Crippen LogP contribution in [0, 0.1) is 5.92 Å². The minimum atomic E-state index is -0.121. The Kier molecular flexibility index (Phi) is 3.68. The fourth-order valence-electron chi connectivity index (χ4n) is 4.00. The zero-order valence-corrected chi connectivity index (χ0v) is 13.7. The van der Waals surface area contributed by atoms with Crippen LogP contribution in [0.3, 0.4) is 0 Å². The molecular weight excluding hydrogens is 282 g/mol. The molecule has 23 heavy (non-hydrogen) atoms. The molecule has 2 heteroatoms. The molecule has 2 aromatic rings. The summed E-state index contributed by atoms with van der Waals surface area (Å²) in [5.74, 6) is 0.908. The fraction of sp³-hybridized carbons (Fsp3) is 0.381. The first-order valence-corrected chi connectivity index (χ1v) is 8.68. The van der Waals surface area contributed by atoms with Gasteiger partial charge in [0.2, 0.25) is 5.91 Å². The molecule has 0 radical (unpaired) electrons. The molecule has 0 bridgehead atoms. The van der Waals surface area contributed by atoms with Gasteiger partial charge >= 0.3 is 0 Å². The minimum Gasteiger partial charge on any atom is -0.342 e. The molecule has 0 N–H and O–H groups in total. The first-order valence-electron chi connectivity index (χ1n) is 8.68. The van der Waals surface area contributed by atoms with Crippen LogP contribution in [0.25, 0.3) is 0 Å². The number of nitrogens with zero attached hydrogens (tertiary/aromatic N) is 1. The van der Waals surface area contributed by atoms with Crippen LogP contribution in [0.15, 0.2) is 48.5 Å². The van der Waals surface area contributed by atoms with Crippen molar-refractivity contribution in [2.24, 2.45) is 5.92 Å². The zero-order chi connectivity index (χ0) is 15.8. The second-order valence-corrected chi connectivity index (χ2v) is 7.02. The Morgan fingerprint density at radius 1 is 0.913 bits per heavy atom. The van der Waals surface area contributed by atoms with Crippen molar-refractivity contribution in [1.29, 1.82) is 0 Å². The topological polar surface area (TPSA) is 20.3 Å². The van der Waals surface area contributed by atoms with Crippen molar-refractivity contribution < 1.29 is 4.79 Å². The maximum atomic E-state index is 13.3. The van der Waals surface area contributed by atoms with Gasteiger partial charge in [0.1, 0.15) is 0 Å². The van der Waals surface area contributed by atoms with Gasteiger partial charge in [-0.1, -0.05) is 55.5 Å². The summed E-state index contributed by atoms with van der Waals surface area (Å²) in [7, 11) is 0. The van der Waals surface area contributed by atoms with Gasteiger partial charge in [0, 0.05) is 13.1 Å². The number of hydrogen-bond acceptors (Lipinski definition) is 1. The van der Waals surface area contributed by atoms with Crippen LogP contribution in [-0.2, 0) is 11.2 Å². The molecule has 1 aliphatic heterocycles. The monoisotopic (exact) mass is 305 g/mol. The molecule has 4 rings (SSSR count). The highest BCUT2D eigenvalue weighted by molar-refractivity contribution is 5.89. The van der Waals surface area contributed by atoms with Gasteiger partial charge < -0.3 is 4.90 Å². The lowest BCUT2D eigenvalue weighted by atomic mass is 9.77. The lowest BCUT2D eigenvalue weighted by molar-refractivity contribution is -0.133. The van der Waals surface area contributed by atoms with E-state index in [1.165, 1.54) is 22.3 Å². The highest BCUT2D eigenvalue weighted by atomic mass is 16.2. The van der Waals surface area contributed by atoms with Crippen molar-refractivity contribution in [3.05, 3.63) is 70.8 Å². The molecule has 0 atom stereocenters. The summed E-state index contributed by atoms with van der Waals surface area (Å²) in [4.78, 5) is 15.4. The third-order valence-corrected chi connectivity index (χ3v) is 5.46. The summed E-state index contributed by atoms with van der Waals surface area (Å²) >= 11 is 0. The molecule has 118 valence electrons. The second kappa shape index (κ2) is 5.84. The van der Waals surface area contributed by atoms with Gasteiger partial charge in [-0.15, -0.1) is 0 Å². The molecule has 0 unspecified atom stereocenters. The highest BCUT2D eigenvalue weighted by Crippen LogP contribution is 2.38. The van der Waals surface area contributed by atoms with E-state index in [2.05, 4.69) is 60.4 Å². The maximum Gasteiger partial charge on any atom is 0.234 e. The molecule has 1 fully saturated rings. The molecule has 2 aromatic carbocycles. The third kappa shape index (κ3) is 2.56. The van der Waals surface area contributed by atoms with Gasteiger partial charge in [-0.3, -0.25) is 4.79 Å². The van der Waals surface area contributed by atoms with Gasteiger partial charge in [-0.05, 0) is 47.4 Å². The van der Waals surface area contributed by atoms with E-state index < -0.39 is 0 Å². The number of carbonyl (C=O) groups is 1. The third-order valence-electron chi connectivity index (χ3n) is 5.46. The second-order valence-electron chi connectivity index (χ2n) is 7.02. The number of benzene rings is 2. The predicted molar refractivity (Wildman–Crippen MR) is 92.5 cm³/mol. The Morgan fingerprint density at radius 2 is 1.43 bits per heavy atom. The van der Waals surface area contributed by atoms with Crippen LogP contribution < -0.4 is 0 Å². The number of carbonyl (C=O) groups excluding carboxylic acids is 1. The summed E-state index contributed by atoms with van der Waals surface area (Å²) in [6.07, 6.45) is 3.19. The van der Waals surface area contributed by atoms with Crippen LogP contribution in [0.5, 0.6) is 0 Å². The Morgan fingerprint density at radius 3 is 2.00 bits per heavy atom. The van der Waals surface area contributed by atoms with Gasteiger partial charge in [0.15, 0.2) is 0 Å². The molecule has 0 spiro atoms. The largest absolute Gasteiger partial charge is 0.342 e. The molecule has 2 aliphatic rings. The SMILES string of the molecule is CC1CCN(C(=O)C2c3ccccc3Cc3ccccc32)CC1. The summed E-state index contributed by atoms with van der Waals surface area (Å²) in [6.45, 7) is 4.09. The van der Waals surface area contributed by atoms with Crippen LogP contribution in [0.1, 0.15) is 47.9 Å². The average molecular weight is 305 g/mol. The van der Waals surface area contributed by atoms with Crippen molar-refractivity contribution >= 4 is 5.91 Å². The number of likely N-dealkylation sites (tertiary alicyclic amines) is 1. The normalized spacial score (nSPS) is 18.4. The molecule has 2 nitrogen and oxygen atoms in total. The van der Waals surface area contributed by atoms with E-state index >= 15 is 0 Å². The summed E-state index contributed by atoms with van der Waals surface area (Å²) in [5, 5.41) is 0. The number of rotatable bonds is 1. The van der Waals surface area contributed by atoms with Crippen molar-refractivity contribution in [3.63, 3.8) is 0 Å². The van der Waals surface area contributed by atoms with Gasteiger partial charge in [-0.2, -0.15) is 0 Å². The Balaban J connectivity index is 1.74. The highest BCUT2D eigenvalue weighted by Gasteiger charge is 2.34. The number of hydrogen-bond donors (Lipinski definition) is 0. The molecular formula is C21H23NO. The first-order chi connectivity index (χ1) is 11.2. The molecule has 1 aliphatic carbocycles. The lowest BCUT2D eigenvalue weighted by Crippen LogP contribution is -2.41.